The van der Waals surface area contributed by atoms with Crippen LogP contribution in [0, 0.1) is 13.8 Å². The van der Waals surface area contributed by atoms with E-state index in [1.807, 2.05) is 20.8 Å². The van der Waals surface area contributed by atoms with E-state index in [-0.39, 0.29) is 17.5 Å². The van der Waals surface area contributed by atoms with Gasteiger partial charge in [0.1, 0.15) is 5.75 Å². The number of allylic oxidation sites excluding steroid dienone is 1. The number of benzene rings is 2. The molecule has 162 valence electrons. The predicted octanol–water partition coefficient (Wildman–Crippen LogP) is 5.63. The highest BCUT2D eigenvalue weighted by Gasteiger charge is 2.30. The molecule has 31 heavy (non-hydrogen) atoms. The molecule has 1 N–H and O–H groups in total. The van der Waals surface area contributed by atoms with Crippen LogP contribution in [-0.2, 0) is 11.0 Å². The molecule has 0 aromatic heterocycles. The summed E-state index contributed by atoms with van der Waals surface area (Å²) in [4.78, 5) is 21.8. The molecule has 0 spiro atoms. The van der Waals surface area contributed by atoms with Gasteiger partial charge in [-0.2, -0.15) is 18.2 Å². The summed E-state index contributed by atoms with van der Waals surface area (Å²) in [5.41, 5.74) is 4.92. The van der Waals surface area contributed by atoms with Crippen LogP contribution in [0.4, 0.5) is 13.2 Å². The van der Waals surface area contributed by atoms with E-state index in [2.05, 4.69) is 17.1 Å². The number of nitrogens with one attached hydrogen (secondary N) is 1. The number of alkyl halides is 3. The van der Waals surface area contributed by atoms with E-state index in [9.17, 15) is 18.0 Å². The number of ketones is 1. The van der Waals surface area contributed by atoms with Gasteiger partial charge in [0.05, 0.1) is 5.56 Å². The number of halogens is 3. The third kappa shape index (κ3) is 4.79. The number of hydrogen-bond donors (Lipinski definition) is 1. The highest BCUT2D eigenvalue weighted by Crippen LogP contribution is 2.30. The maximum Gasteiger partial charge on any atom is 0.416 e. The molecular weight excluding hydrogens is 409 g/mol. The Morgan fingerprint density at radius 2 is 1.84 bits per heavy atom. The first kappa shape index (κ1) is 22.1. The van der Waals surface area contributed by atoms with Gasteiger partial charge in [0.2, 0.25) is 0 Å². The fraction of sp³-hybridized carbons (Fsp3) is 0.217. The Morgan fingerprint density at radius 1 is 1.16 bits per heavy atom. The molecule has 0 atom stereocenters. The number of ether oxygens (including phenoxy) is 1. The number of aliphatic imine (C=N–C) groups is 1. The van der Waals surface area contributed by atoms with Crippen LogP contribution >= 0.6 is 0 Å². The predicted molar refractivity (Wildman–Crippen MR) is 111 cm³/mol. The minimum atomic E-state index is -4.40. The quantitative estimate of drug-likeness (QED) is 0.367. The van der Waals surface area contributed by atoms with Crippen molar-refractivity contribution in [3.63, 3.8) is 0 Å². The van der Waals surface area contributed by atoms with Crippen LogP contribution in [0.25, 0.3) is 0 Å². The summed E-state index contributed by atoms with van der Waals surface area (Å²) < 4.78 is 43.7. The number of rotatable bonds is 6. The topological polar surface area (TPSA) is 59.9 Å². The Hall–Kier alpha value is -3.55. The second kappa shape index (κ2) is 8.67. The van der Waals surface area contributed by atoms with Crippen molar-refractivity contribution in [1.82, 2.24) is 5.48 Å². The van der Waals surface area contributed by atoms with Crippen molar-refractivity contribution in [2.24, 2.45) is 4.99 Å². The lowest BCUT2D eigenvalue weighted by Gasteiger charge is -2.12. The van der Waals surface area contributed by atoms with Gasteiger partial charge in [-0.1, -0.05) is 25.6 Å². The number of carbonyl (C=O) groups excluding carboxylic acids is 1. The van der Waals surface area contributed by atoms with E-state index in [4.69, 9.17) is 9.57 Å². The standard InChI is InChI=1S/C23H21F3N2O3/c1-5-13(2)21(29)18-10-11-19(15(4)14(18)3)30-12-20-27-22(28-31-20)16-6-8-17(9-7-16)23(24,25)26/h6-12H,2,5H2,1,3-4H3,(H,27,28). The summed E-state index contributed by atoms with van der Waals surface area (Å²) in [6.45, 7) is 9.34. The van der Waals surface area contributed by atoms with Crippen molar-refractivity contribution < 1.29 is 27.5 Å². The van der Waals surface area contributed by atoms with Crippen molar-refractivity contribution in [3.8, 4) is 5.75 Å². The Labute approximate surface area is 177 Å². The van der Waals surface area contributed by atoms with Gasteiger partial charge in [0.25, 0.3) is 5.88 Å². The van der Waals surface area contributed by atoms with Crippen LogP contribution in [0.5, 0.6) is 5.75 Å². The molecule has 0 radical (unpaired) electrons. The second-order valence-corrected chi connectivity index (χ2v) is 6.96. The van der Waals surface area contributed by atoms with E-state index in [1.165, 1.54) is 18.4 Å². The molecule has 1 heterocycles. The molecule has 0 amide bonds. The Balaban J connectivity index is 1.75. The Kier molecular flexibility index (Phi) is 6.19. The van der Waals surface area contributed by atoms with E-state index in [1.54, 1.807) is 12.1 Å². The molecule has 1 aliphatic heterocycles. The average Bonchev–Trinajstić information content (AvgIpc) is 3.22. The minimum Gasteiger partial charge on any atom is -0.459 e. The van der Waals surface area contributed by atoms with Gasteiger partial charge in [-0.25, -0.2) is 5.48 Å². The van der Waals surface area contributed by atoms with Gasteiger partial charge >= 0.3 is 6.18 Å². The number of carbonyl (C=O) groups is 1. The summed E-state index contributed by atoms with van der Waals surface area (Å²) >= 11 is 0. The first-order valence-electron chi connectivity index (χ1n) is 9.50. The number of hydrogen-bond acceptors (Lipinski definition) is 5. The van der Waals surface area contributed by atoms with Gasteiger partial charge in [-0.15, -0.1) is 0 Å². The van der Waals surface area contributed by atoms with Crippen LogP contribution in [0.2, 0.25) is 0 Å². The Morgan fingerprint density at radius 3 is 2.45 bits per heavy atom. The molecule has 0 saturated carbocycles. The molecular formula is C23H21F3N2O3. The Bertz CT molecular complexity index is 1080. The molecule has 3 rings (SSSR count). The molecule has 0 aliphatic carbocycles. The molecule has 0 fully saturated rings. The molecule has 8 heteroatoms. The fourth-order valence-electron chi connectivity index (χ4n) is 2.88. The van der Waals surface area contributed by atoms with Crippen molar-refractivity contribution in [1.29, 1.82) is 0 Å². The zero-order chi connectivity index (χ0) is 22.8. The number of amidine groups is 1. The van der Waals surface area contributed by atoms with Crippen LogP contribution in [0.15, 0.2) is 65.7 Å². The van der Waals surface area contributed by atoms with E-state index in [0.29, 0.717) is 28.9 Å². The molecule has 2 aromatic carbocycles. The summed E-state index contributed by atoms with van der Waals surface area (Å²) in [5, 5.41) is 0. The lowest BCUT2D eigenvalue weighted by molar-refractivity contribution is -0.137. The monoisotopic (exact) mass is 430 g/mol. The minimum absolute atomic E-state index is 0.0953. The van der Waals surface area contributed by atoms with E-state index >= 15 is 0 Å². The normalized spacial score (nSPS) is 14.6. The van der Waals surface area contributed by atoms with Gasteiger partial charge in [-0.05, 0) is 61.2 Å². The van der Waals surface area contributed by atoms with Crippen LogP contribution in [-0.4, -0.2) is 11.6 Å². The molecule has 0 saturated heterocycles. The van der Waals surface area contributed by atoms with Crippen molar-refractivity contribution in [3.05, 3.63) is 88.5 Å². The zero-order valence-corrected chi connectivity index (χ0v) is 17.3. The number of Topliss-reactive ketones (excluding diaryl/α,β-unsaturated/α-hetero) is 1. The van der Waals surface area contributed by atoms with Crippen LogP contribution < -0.4 is 10.2 Å². The van der Waals surface area contributed by atoms with Gasteiger partial charge in [-0.3, -0.25) is 4.79 Å². The fourth-order valence-corrected chi connectivity index (χ4v) is 2.88. The highest BCUT2D eigenvalue weighted by atomic mass is 19.4. The average molecular weight is 430 g/mol. The number of hydroxylamine groups is 1. The SMILES string of the molecule is C=C(CC)C(=O)c1ccc(OC=C2N=C(c3ccc(C(F)(F)F)cc3)NO2)c(C)c1C. The lowest BCUT2D eigenvalue weighted by Crippen LogP contribution is -2.17. The lowest BCUT2D eigenvalue weighted by atomic mass is 9.95. The third-order valence-corrected chi connectivity index (χ3v) is 4.98. The van der Waals surface area contributed by atoms with Crippen LogP contribution in [0.3, 0.4) is 0 Å². The van der Waals surface area contributed by atoms with Crippen molar-refractivity contribution in [2.75, 3.05) is 0 Å². The maximum absolute atomic E-state index is 12.7. The molecule has 0 unspecified atom stereocenters. The first-order valence-corrected chi connectivity index (χ1v) is 9.50. The summed E-state index contributed by atoms with van der Waals surface area (Å²) in [6, 6.07) is 7.91. The maximum atomic E-state index is 12.7. The first-order chi connectivity index (χ1) is 14.6. The zero-order valence-electron chi connectivity index (χ0n) is 17.3. The highest BCUT2D eigenvalue weighted by molar-refractivity contribution is 6.09. The summed E-state index contributed by atoms with van der Waals surface area (Å²) in [7, 11) is 0. The molecule has 1 aliphatic rings. The molecule has 0 bridgehead atoms. The second-order valence-electron chi connectivity index (χ2n) is 6.96. The van der Waals surface area contributed by atoms with Crippen LogP contribution in [0.1, 0.15) is 46.0 Å². The summed E-state index contributed by atoms with van der Waals surface area (Å²) in [5.74, 6) is 0.787. The van der Waals surface area contributed by atoms with Gasteiger partial charge in [0, 0.05) is 11.1 Å². The van der Waals surface area contributed by atoms with Crippen molar-refractivity contribution in [2.45, 2.75) is 33.4 Å². The number of nitrogens with zero attached hydrogens (tertiary/aromatic N) is 1. The smallest absolute Gasteiger partial charge is 0.416 e. The van der Waals surface area contributed by atoms with Gasteiger partial charge in [0.15, 0.2) is 17.9 Å². The van der Waals surface area contributed by atoms with Crippen molar-refractivity contribution >= 4 is 11.6 Å². The van der Waals surface area contributed by atoms with Gasteiger partial charge < -0.3 is 9.57 Å². The summed E-state index contributed by atoms with van der Waals surface area (Å²) in [6.07, 6.45) is -2.55. The largest absolute Gasteiger partial charge is 0.459 e. The van der Waals surface area contributed by atoms with E-state index < -0.39 is 11.7 Å². The van der Waals surface area contributed by atoms with E-state index in [0.717, 1.165) is 23.3 Å². The molecule has 2 aromatic rings. The third-order valence-electron chi connectivity index (χ3n) is 4.98. The molecule has 5 nitrogen and oxygen atoms in total.